The van der Waals surface area contributed by atoms with Gasteiger partial charge in [0.15, 0.2) is 0 Å². The van der Waals surface area contributed by atoms with Crippen LogP contribution in [0.1, 0.15) is 0 Å². The SMILES string of the molecule is O=C(CSc1nnc(-c2cccc(S(=O)(=O)N3CCOCC3)c2)o1)N1CCOCC1. The normalized spacial score (nSPS) is 18.5. The molecule has 10 nitrogen and oxygen atoms in total. The van der Waals surface area contributed by atoms with E-state index in [1.807, 2.05) is 0 Å². The Morgan fingerprint density at radius 3 is 2.47 bits per heavy atom. The third kappa shape index (κ3) is 4.83. The van der Waals surface area contributed by atoms with E-state index in [-0.39, 0.29) is 27.7 Å². The summed E-state index contributed by atoms with van der Waals surface area (Å²) < 4.78 is 43.2. The van der Waals surface area contributed by atoms with E-state index in [2.05, 4.69) is 10.2 Å². The Hall–Kier alpha value is -1.99. The van der Waals surface area contributed by atoms with Gasteiger partial charge in [-0.05, 0) is 18.2 Å². The van der Waals surface area contributed by atoms with Gasteiger partial charge in [-0.25, -0.2) is 8.42 Å². The van der Waals surface area contributed by atoms with Crippen molar-refractivity contribution in [1.29, 1.82) is 0 Å². The maximum Gasteiger partial charge on any atom is 0.277 e. The number of morpholine rings is 2. The molecule has 0 bridgehead atoms. The number of nitrogens with zero attached hydrogens (tertiary/aromatic N) is 4. The number of amides is 1. The average molecular weight is 455 g/mol. The molecule has 0 aliphatic carbocycles. The van der Waals surface area contributed by atoms with E-state index in [9.17, 15) is 13.2 Å². The Morgan fingerprint density at radius 1 is 1.03 bits per heavy atom. The van der Waals surface area contributed by atoms with Gasteiger partial charge in [-0.15, -0.1) is 10.2 Å². The Kier molecular flexibility index (Phi) is 6.68. The highest BCUT2D eigenvalue weighted by Crippen LogP contribution is 2.26. The molecule has 2 aliphatic heterocycles. The number of carbonyl (C=O) groups is 1. The van der Waals surface area contributed by atoms with Gasteiger partial charge in [-0.3, -0.25) is 4.79 Å². The van der Waals surface area contributed by atoms with Gasteiger partial charge in [0, 0.05) is 31.7 Å². The molecule has 1 amide bonds. The highest BCUT2D eigenvalue weighted by molar-refractivity contribution is 7.99. The zero-order valence-electron chi connectivity index (χ0n) is 16.2. The number of ether oxygens (including phenoxy) is 2. The van der Waals surface area contributed by atoms with Crippen molar-refractivity contribution in [2.24, 2.45) is 0 Å². The first-order valence-electron chi connectivity index (χ1n) is 9.54. The number of hydrogen-bond acceptors (Lipinski definition) is 9. The van der Waals surface area contributed by atoms with E-state index in [1.54, 1.807) is 23.1 Å². The lowest BCUT2D eigenvalue weighted by atomic mass is 10.2. The van der Waals surface area contributed by atoms with E-state index >= 15 is 0 Å². The molecule has 0 N–H and O–H groups in total. The molecule has 0 radical (unpaired) electrons. The van der Waals surface area contributed by atoms with Crippen LogP contribution in [0.4, 0.5) is 0 Å². The lowest BCUT2D eigenvalue weighted by Gasteiger charge is -2.26. The zero-order valence-corrected chi connectivity index (χ0v) is 17.9. The van der Waals surface area contributed by atoms with Crippen LogP contribution >= 0.6 is 11.8 Å². The molecule has 0 atom stereocenters. The molecular weight excluding hydrogens is 432 g/mol. The molecule has 12 heteroatoms. The molecule has 2 fully saturated rings. The van der Waals surface area contributed by atoms with Gasteiger partial charge in [-0.2, -0.15) is 4.31 Å². The monoisotopic (exact) mass is 454 g/mol. The molecule has 2 saturated heterocycles. The quantitative estimate of drug-likeness (QED) is 0.582. The van der Waals surface area contributed by atoms with Gasteiger partial charge < -0.3 is 18.8 Å². The minimum atomic E-state index is -3.62. The van der Waals surface area contributed by atoms with E-state index in [1.165, 1.54) is 10.4 Å². The first-order chi connectivity index (χ1) is 14.5. The van der Waals surface area contributed by atoms with Crippen LogP contribution < -0.4 is 0 Å². The minimum Gasteiger partial charge on any atom is -0.411 e. The fourth-order valence-corrected chi connectivity index (χ4v) is 5.26. The van der Waals surface area contributed by atoms with Crippen LogP contribution in [0, 0.1) is 0 Å². The first kappa shape index (κ1) is 21.2. The minimum absolute atomic E-state index is 0.0124. The lowest BCUT2D eigenvalue weighted by Crippen LogP contribution is -2.41. The van der Waals surface area contributed by atoms with Crippen LogP contribution in [0.15, 0.2) is 38.8 Å². The topological polar surface area (TPSA) is 115 Å². The van der Waals surface area contributed by atoms with Crippen LogP contribution in [-0.4, -0.2) is 92.1 Å². The van der Waals surface area contributed by atoms with Crippen molar-refractivity contribution in [3.8, 4) is 11.5 Å². The van der Waals surface area contributed by atoms with Gasteiger partial charge in [0.05, 0.1) is 37.1 Å². The number of aromatic nitrogens is 2. The molecule has 0 saturated carbocycles. The van der Waals surface area contributed by atoms with Crippen LogP contribution in [-0.2, 0) is 24.3 Å². The second-order valence-electron chi connectivity index (χ2n) is 6.70. The van der Waals surface area contributed by atoms with Crippen molar-refractivity contribution in [2.45, 2.75) is 10.1 Å². The summed E-state index contributed by atoms with van der Waals surface area (Å²) in [5.74, 6) is 0.379. The predicted molar refractivity (Wildman–Crippen MR) is 107 cm³/mol. The zero-order chi connectivity index (χ0) is 21.0. The summed E-state index contributed by atoms with van der Waals surface area (Å²) in [4.78, 5) is 14.1. The number of thioether (sulfide) groups is 1. The summed E-state index contributed by atoms with van der Waals surface area (Å²) >= 11 is 1.16. The molecule has 2 aromatic rings. The smallest absolute Gasteiger partial charge is 0.277 e. The molecule has 30 heavy (non-hydrogen) atoms. The molecule has 1 aromatic heterocycles. The molecule has 4 rings (SSSR count). The van der Waals surface area contributed by atoms with Crippen molar-refractivity contribution >= 4 is 27.7 Å². The fraction of sp³-hybridized carbons (Fsp3) is 0.500. The summed E-state index contributed by atoms with van der Waals surface area (Å²) in [7, 11) is -3.62. The summed E-state index contributed by atoms with van der Waals surface area (Å²) in [6.45, 7) is 3.67. The van der Waals surface area contributed by atoms with Gasteiger partial charge in [0.2, 0.25) is 21.8 Å². The van der Waals surface area contributed by atoms with Crippen molar-refractivity contribution in [3.63, 3.8) is 0 Å². The number of hydrogen-bond donors (Lipinski definition) is 0. The second-order valence-corrected chi connectivity index (χ2v) is 9.56. The van der Waals surface area contributed by atoms with Gasteiger partial charge in [0.1, 0.15) is 0 Å². The lowest BCUT2D eigenvalue weighted by molar-refractivity contribution is -0.132. The van der Waals surface area contributed by atoms with Crippen molar-refractivity contribution < 1.29 is 27.1 Å². The van der Waals surface area contributed by atoms with Gasteiger partial charge >= 0.3 is 0 Å². The van der Waals surface area contributed by atoms with E-state index in [0.29, 0.717) is 58.2 Å². The summed E-state index contributed by atoms with van der Waals surface area (Å²) in [5, 5.41) is 8.23. The van der Waals surface area contributed by atoms with Gasteiger partial charge in [0.25, 0.3) is 5.22 Å². The Labute approximate surface area is 178 Å². The third-order valence-corrected chi connectivity index (χ3v) is 7.48. The standard InChI is InChI=1S/C18H22N4O6S2/c23-16(21-4-8-26-9-5-21)13-29-18-20-19-17(28-18)14-2-1-3-15(12-14)30(24,25)22-6-10-27-11-7-22/h1-3,12H,4-11,13H2. The highest BCUT2D eigenvalue weighted by Gasteiger charge is 2.27. The average Bonchev–Trinajstić information content (AvgIpc) is 3.28. The molecular formula is C18H22N4O6S2. The number of rotatable bonds is 6. The van der Waals surface area contributed by atoms with Crippen LogP contribution in [0.25, 0.3) is 11.5 Å². The van der Waals surface area contributed by atoms with Crippen molar-refractivity contribution in [3.05, 3.63) is 24.3 Å². The summed E-state index contributed by atoms with van der Waals surface area (Å²) in [6, 6.07) is 6.41. The fourth-order valence-electron chi connectivity index (χ4n) is 3.14. The molecule has 1 aromatic carbocycles. The highest BCUT2D eigenvalue weighted by atomic mass is 32.2. The summed E-state index contributed by atoms with van der Waals surface area (Å²) in [6.07, 6.45) is 0. The van der Waals surface area contributed by atoms with Gasteiger partial charge in [-0.1, -0.05) is 17.8 Å². The second kappa shape index (κ2) is 9.43. The van der Waals surface area contributed by atoms with Crippen LogP contribution in [0.2, 0.25) is 0 Å². The number of sulfonamides is 1. The van der Waals surface area contributed by atoms with Crippen LogP contribution in [0.3, 0.4) is 0 Å². The van der Waals surface area contributed by atoms with E-state index in [0.717, 1.165) is 11.8 Å². The third-order valence-electron chi connectivity index (χ3n) is 4.78. The first-order valence-corrected chi connectivity index (χ1v) is 12.0. The Morgan fingerprint density at radius 2 is 1.73 bits per heavy atom. The molecule has 0 spiro atoms. The molecule has 3 heterocycles. The molecule has 162 valence electrons. The maximum atomic E-state index is 12.9. The van der Waals surface area contributed by atoms with Crippen molar-refractivity contribution in [1.82, 2.24) is 19.4 Å². The predicted octanol–water partition coefficient (Wildman–Crippen LogP) is 0.708. The number of carbonyl (C=O) groups excluding carboxylic acids is 1. The molecule has 2 aliphatic rings. The maximum absolute atomic E-state index is 12.9. The molecule has 0 unspecified atom stereocenters. The van der Waals surface area contributed by atoms with Crippen LogP contribution in [0.5, 0.6) is 0 Å². The van der Waals surface area contributed by atoms with E-state index in [4.69, 9.17) is 13.9 Å². The summed E-state index contributed by atoms with van der Waals surface area (Å²) in [5.41, 5.74) is 0.503. The van der Waals surface area contributed by atoms with E-state index < -0.39 is 10.0 Å². The van der Waals surface area contributed by atoms with Crippen molar-refractivity contribution in [2.75, 3.05) is 58.4 Å². The Balaban J connectivity index is 1.43. The number of benzene rings is 1. The largest absolute Gasteiger partial charge is 0.411 e. The Bertz CT molecular complexity index is 984.